The fourth-order valence-corrected chi connectivity index (χ4v) is 3.29. The van der Waals surface area contributed by atoms with Crippen molar-refractivity contribution < 1.29 is 9.90 Å². The summed E-state index contributed by atoms with van der Waals surface area (Å²) in [5, 5.41) is 9.25. The normalized spacial score (nSPS) is 13.8. The molecule has 0 atom stereocenters. The summed E-state index contributed by atoms with van der Waals surface area (Å²) in [6.45, 7) is 1.51. The molecule has 21 heavy (non-hydrogen) atoms. The quantitative estimate of drug-likeness (QED) is 0.886. The predicted molar refractivity (Wildman–Crippen MR) is 84.4 cm³/mol. The molecule has 1 aliphatic rings. The molecule has 4 heteroatoms. The van der Waals surface area contributed by atoms with Gasteiger partial charge in [-0.15, -0.1) is 11.8 Å². The topological polar surface area (TPSA) is 40.5 Å². The van der Waals surface area contributed by atoms with Crippen LogP contribution >= 0.6 is 11.8 Å². The van der Waals surface area contributed by atoms with Gasteiger partial charge in [0.15, 0.2) is 0 Å². The molecular weight excluding hydrogens is 282 g/mol. The van der Waals surface area contributed by atoms with E-state index < -0.39 is 0 Å². The standard InChI is InChI=1S/C17H17NO2S/c19-15-5-7-16(8-6-15)21-12-17(20)18-10-9-13-3-1-2-4-14(13)11-18/h1-8,19H,9-12H2. The highest BCUT2D eigenvalue weighted by molar-refractivity contribution is 8.00. The van der Waals surface area contributed by atoms with E-state index in [2.05, 4.69) is 18.2 Å². The zero-order chi connectivity index (χ0) is 14.7. The predicted octanol–water partition coefficient (Wildman–Crippen LogP) is 3.07. The van der Waals surface area contributed by atoms with Crippen LogP contribution in [0.4, 0.5) is 0 Å². The number of hydrogen-bond donors (Lipinski definition) is 1. The third-order valence-corrected chi connectivity index (χ3v) is 4.68. The largest absolute Gasteiger partial charge is 0.508 e. The first-order valence-corrected chi connectivity index (χ1v) is 7.97. The molecule has 1 N–H and O–H groups in total. The minimum Gasteiger partial charge on any atom is -0.508 e. The van der Waals surface area contributed by atoms with Crippen molar-refractivity contribution in [3.63, 3.8) is 0 Å². The lowest BCUT2D eigenvalue weighted by atomic mass is 10.00. The van der Waals surface area contributed by atoms with Gasteiger partial charge in [-0.1, -0.05) is 24.3 Å². The molecule has 1 heterocycles. The number of amides is 1. The Bertz CT molecular complexity index is 639. The second-order valence-corrected chi connectivity index (χ2v) is 6.17. The Morgan fingerprint density at radius 2 is 1.81 bits per heavy atom. The lowest BCUT2D eigenvalue weighted by Crippen LogP contribution is -2.37. The van der Waals surface area contributed by atoms with E-state index in [9.17, 15) is 9.90 Å². The van der Waals surface area contributed by atoms with Crippen LogP contribution in [-0.4, -0.2) is 28.2 Å². The van der Waals surface area contributed by atoms with Gasteiger partial charge in [-0.25, -0.2) is 0 Å². The first kappa shape index (κ1) is 14.0. The second kappa shape index (κ2) is 6.22. The Kier molecular flexibility index (Phi) is 4.15. The van der Waals surface area contributed by atoms with Crippen LogP contribution in [0, 0.1) is 0 Å². The Morgan fingerprint density at radius 3 is 2.57 bits per heavy atom. The average molecular weight is 299 g/mol. The molecule has 3 rings (SSSR count). The van der Waals surface area contributed by atoms with Gasteiger partial charge in [0.2, 0.25) is 5.91 Å². The van der Waals surface area contributed by atoms with Gasteiger partial charge >= 0.3 is 0 Å². The van der Waals surface area contributed by atoms with E-state index in [1.165, 1.54) is 22.9 Å². The van der Waals surface area contributed by atoms with Crippen LogP contribution in [0.15, 0.2) is 53.4 Å². The number of aromatic hydroxyl groups is 1. The van der Waals surface area contributed by atoms with Crippen LogP contribution in [0.3, 0.4) is 0 Å². The number of phenolic OH excluding ortho intramolecular Hbond substituents is 1. The van der Waals surface area contributed by atoms with Gasteiger partial charge in [0.25, 0.3) is 0 Å². The minimum atomic E-state index is 0.169. The lowest BCUT2D eigenvalue weighted by molar-refractivity contribution is -0.129. The van der Waals surface area contributed by atoms with E-state index in [1.807, 2.05) is 23.1 Å². The maximum atomic E-state index is 12.3. The highest BCUT2D eigenvalue weighted by Crippen LogP contribution is 2.23. The number of fused-ring (bicyclic) bond motifs is 1. The van der Waals surface area contributed by atoms with E-state index >= 15 is 0 Å². The monoisotopic (exact) mass is 299 g/mol. The summed E-state index contributed by atoms with van der Waals surface area (Å²) < 4.78 is 0. The second-order valence-electron chi connectivity index (χ2n) is 5.12. The molecule has 0 aliphatic carbocycles. The van der Waals surface area contributed by atoms with Gasteiger partial charge < -0.3 is 10.0 Å². The third-order valence-electron chi connectivity index (χ3n) is 3.68. The van der Waals surface area contributed by atoms with E-state index in [1.54, 1.807) is 12.1 Å². The van der Waals surface area contributed by atoms with Crippen molar-refractivity contribution in [2.75, 3.05) is 12.3 Å². The van der Waals surface area contributed by atoms with E-state index in [0.29, 0.717) is 12.3 Å². The summed E-state index contributed by atoms with van der Waals surface area (Å²) in [6, 6.07) is 15.3. The molecule has 0 saturated carbocycles. The number of benzene rings is 2. The summed E-state index contributed by atoms with van der Waals surface area (Å²) in [7, 11) is 0. The smallest absolute Gasteiger partial charge is 0.233 e. The van der Waals surface area contributed by atoms with Crippen molar-refractivity contribution in [2.24, 2.45) is 0 Å². The maximum Gasteiger partial charge on any atom is 0.233 e. The molecule has 2 aromatic rings. The van der Waals surface area contributed by atoms with Crippen molar-refractivity contribution in [1.82, 2.24) is 4.90 Å². The Labute approximate surface area is 128 Å². The van der Waals surface area contributed by atoms with Gasteiger partial charge in [-0.2, -0.15) is 0 Å². The molecule has 0 bridgehead atoms. The van der Waals surface area contributed by atoms with Crippen LogP contribution in [0.1, 0.15) is 11.1 Å². The molecule has 0 aromatic heterocycles. The Hall–Kier alpha value is -1.94. The molecule has 0 spiro atoms. The van der Waals surface area contributed by atoms with Crippen molar-refractivity contribution >= 4 is 17.7 Å². The number of phenols is 1. The van der Waals surface area contributed by atoms with Gasteiger partial charge in [0.1, 0.15) is 5.75 Å². The summed E-state index contributed by atoms with van der Waals surface area (Å²) in [5.74, 6) is 0.855. The van der Waals surface area contributed by atoms with Crippen molar-refractivity contribution in [3.8, 4) is 5.75 Å². The molecule has 0 radical (unpaired) electrons. The van der Waals surface area contributed by atoms with Crippen LogP contribution < -0.4 is 0 Å². The first-order chi connectivity index (χ1) is 10.2. The molecule has 0 saturated heterocycles. The van der Waals surface area contributed by atoms with E-state index in [4.69, 9.17) is 0 Å². The number of carbonyl (C=O) groups is 1. The lowest BCUT2D eigenvalue weighted by Gasteiger charge is -2.28. The summed E-state index contributed by atoms with van der Waals surface area (Å²) in [5.41, 5.74) is 2.61. The van der Waals surface area contributed by atoms with Crippen molar-refractivity contribution in [1.29, 1.82) is 0 Å². The zero-order valence-electron chi connectivity index (χ0n) is 11.7. The fourth-order valence-electron chi connectivity index (χ4n) is 2.49. The molecule has 1 aliphatic heterocycles. The Morgan fingerprint density at radius 1 is 1.10 bits per heavy atom. The van der Waals surface area contributed by atoms with Gasteiger partial charge in [0, 0.05) is 18.0 Å². The van der Waals surface area contributed by atoms with Gasteiger partial charge in [-0.05, 0) is 41.8 Å². The van der Waals surface area contributed by atoms with Crippen LogP contribution in [-0.2, 0) is 17.8 Å². The molecule has 1 amide bonds. The highest BCUT2D eigenvalue weighted by atomic mass is 32.2. The fraction of sp³-hybridized carbons (Fsp3) is 0.235. The molecule has 0 unspecified atom stereocenters. The van der Waals surface area contributed by atoms with Crippen LogP contribution in [0.5, 0.6) is 5.75 Å². The Balaban J connectivity index is 1.58. The van der Waals surface area contributed by atoms with Crippen molar-refractivity contribution in [3.05, 3.63) is 59.7 Å². The van der Waals surface area contributed by atoms with Crippen LogP contribution in [0.25, 0.3) is 0 Å². The van der Waals surface area contributed by atoms with Gasteiger partial charge in [0.05, 0.1) is 5.75 Å². The molecule has 0 fully saturated rings. The number of carbonyl (C=O) groups excluding carboxylic acids is 1. The third kappa shape index (κ3) is 3.39. The number of thioether (sulfide) groups is 1. The molecule has 3 nitrogen and oxygen atoms in total. The van der Waals surface area contributed by atoms with Crippen molar-refractivity contribution in [2.45, 2.75) is 17.9 Å². The maximum absolute atomic E-state index is 12.3. The van der Waals surface area contributed by atoms with Gasteiger partial charge in [-0.3, -0.25) is 4.79 Å². The number of hydrogen-bond acceptors (Lipinski definition) is 3. The number of nitrogens with zero attached hydrogens (tertiary/aromatic N) is 1. The van der Waals surface area contributed by atoms with Crippen LogP contribution in [0.2, 0.25) is 0 Å². The molecular formula is C17H17NO2S. The average Bonchev–Trinajstić information content (AvgIpc) is 2.53. The summed E-state index contributed by atoms with van der Waals surface area (Å²) >= 11 is 1.51. The summed E-state index contributed by atoms with van der Waals surface area (Å²) in [6.07, 6.45) is 0.936. The van der Waals surface area contributed by atoms with E-state index in [-0.39, 0.29) is 11.7 Å². The first-order valence-electron chi connectivity index (χ1n) is 6.99. The molecule has 2 aromatic carbocycles. The number of rotatable bonds is 3. The molecule has 108 valence electrons. The highest BCUT2D eigenvalue weighted by Gasteiger charge is 2.20. The minimum absolute atomic E-state index is 0.169. The van der Waals surface area contributed by atoms with E-state index in [0.717, 1.165) is 17.9 Å². The SMILES string of the molecule is O=C(CSc1ccc(O)cc1)N1CCc2ccccc2C1. The zero-order valence-corrected chi connectivity index (χ0v) is 12.5. The summed E-state index contributed by atoms with van der Waals surface area (Å²) in [4.78, 5) is 15.2.